The lowest BCUT2D eigenvalue weighted by atomic mass is 10.1. The number of carbonyl (C=O) groups is 2. The molecule has 9 heteroatoms. The van der Waals surface area contributed by atoms with Crippen molar-refractivity contribution in [2.45, 2.75) is 31.7 Å². The van der Waals surface area contributed by atoms with Gasteiger partial charge in [-0.15, -0.1) is 0 Å². The van der Waals surface area contributed by atoms with Crippen molar-refractivity contribution < 1.29 is 29.3 Å². The largest absolute Gasteiger partial charge is 0.480 e. The Kier molecular flexibility index (Phi) is 5.19. The molecule has 1 unspecified atom stereocenters. The van der Waals surface area contributed by atoms with Crippen molar-refractivity contribution in [3.8, 4) is 0 Å². The van der Waals surface area contributed by atoms with Gasteiger partial charge in [0.15, 0.2) is 5.58 Å². The summed E-state index contributed by atoms with van der Waals surface area (Å²) in [5, 5.41) is 34.5. The highest BCUT2D eigenvalue weighted by atomic mass is 35.5. The van der Waals surface area contributed by atoms with Gasteiger partial charge >= 0.3 is 5.97 Å². The number of nitrogens with one attached hydrogen (secondary N) is 2. The highest BCUT2D eigenvalue weighted by Gasteiger charge is 2.44. The summed E-state index contributed by atoms with van der Waals surface area (Å²) < 4.78 is 5.49. The predicted octanol–water partition coefficient (Wildman–Crippen LogP) is 0.925. The molecule has 5 N–H and O–H groups in total. The molecule has 1 amide bonds. The van der Waals surface area contributed by atoms with Gasteiger partial charge in [-0.05, 0) is 37.1 Å². The maximum Gasteiger partial charge on any atom is 0.328 e. The van der Waals surface area contributed by atoms with Gasteiger partial charge in [0.1, 0.15) is 18.0 Å². The van der Waals surface area contributed by atoms with Crippen LogP contribution in [0.4, 0.5) is 0 Å². The van der Waals surface area contributed by atoms with E-state index in [9.17, 15) is 14.7 Å². The Labute approximate surface area is 153 Å². The summed E-state index contributed by atoms with van der Waals surface area (Å²) in [5.74, 6) is -1.54. The van der Waals surface area contributed by atoms with Crippen molar-refractivity contribution in [3.63, 3.8) is 0 Å². The molecule has 1 aromatic carbocycles. The summed E-state index contributed by atoms with van der Waals surface area (Å²) in [6.07, 6.45) is -0.579. The fourth-order valence-corrected chi connectivity index (χ4v) is 3.12. The molecule has 1 aliphatic carbocycles. The maximum absolute atomic E-state index is 12.0. The second-order valence-corrected chi connectivity index (χ2v) is 6.79. The number of aliphatic hydroxyl groups excluding tert-OH is 2. The molecule has 4 atom stereocenters. The lowest BCUT2D eigenvalue weighted by molar-refractivity contribution is -0.143. The number of aliphatic hydroxyl groups is 2. The molecule has 1 aromatic heterocycles. The van der Waals surface area contributed by atoms with Crippen LogP contribution in [-0.4, -0.2) is 45.9 Å². The Bertz CT molecular complexity index is 851. The second-order valence-electron chi connectivity index (χ2n) is 6.38. The predicted molar refractivity (Wildman–Crippen MR) is 92.6 cm³/mol. The van der Waals surface area contributed by atoms with E-state index in [1.807, 2.05) is 6.07 Å². The number of benzene rings is 1. The van der Waals surface area contributed by atoms with E-state index < -0.39 is 36.7 Å². The zero-order valence-electron chi connectivity index (χ0n) is 13.9. The minimum Gasteiger partial charge on any atom is -0.480 e. The fraction of sp³-hybridized carbons (Fsp3) is 0.412. The van der Waals surface area contributed by atoms with Crippen molar-refractivity contribution >= 4 is 34.4 Å². The number of carboxylic acids is 1. The zero-order chi connectivity index (χ0) is 19.0. The van der Waals surface area contributed by atoms with Crippen molar-refractivity contribution in [1.29, 1.82) is 0 Å². The van der Waals surface area contributed by atoms with Gasteiger partial charge in [-0.1, -0.05) is 11.6 Å². The van der Waals surface area contributed by atoms with Gasteiger partial charge in [-0.3, -0.25) is 10.1 Å². The fourth-order valence-electron chi connectivity index (χ4n) is 2.85. The van der Waals surface area contributed by atoms with E-state index in [1.165, 1.54) is 0 Å². The number of furan rings is 1. The number of halogens is 1. The topological polar surface area (TPSA) is 132 Å². The number of rotatable bonds is 7. The van der Waals surface area contributed by atoms with Crippen LogP contribution in [0.25, 0.3) is 11.0 Å². The number of aliphatic carboxylic acids is 1. The molecule has 8 nitrogen and oxygen atoms in total. The molecule has 0 spiro atoms. The monoisotopic (exact) mass is 382 g/mol. The number of aryl methyl sites for hydroxylation is 1. The van der Waals surface area contributed by atoms with E-state index >= 15 is 0 Å². The van der Waals surface area contributed by atoms with Crippen LogP contribution < -0.4 is 10.6 Å². The summed E-state index contributed by atoms with van der Waals surface area (Å²) in [6.45, 7) is 1.12. The molecule has 1 aliphatic rings. The van der Waals surface area contributed by atoms with Gasteiger partial charge in [0.2, 0.25) is 5.91 Å². The highest BCUT2D eigenvalue weighted by molar-refractivity contribution is 6.34. The number of fused-ring (bicyclic) bond motifs is 1. The molecule has 0 radical (unpaired) electrons. The number of carboxylic acid groups (broad SMARTS) is 1. The number of amides is 1. The van der Waals surface area contributed by atoms with Crippen LogP contribution in [-0.2, 0) is 9.59 Å². The van der Waals surface area contributed by atoms with Crippen LogP contribution >= 0.6 is 11.6 Å². The molecule has 140 valence electrons. The summed E-state index contributed by atoms with van der Waals surface area (Å²) in [4.78, 5) is 22.8. The molecular formula is C17H19ClN2O6. The van der Waals surface area contributed by atoms with Gasteiger partial charge in [-0.2, -0.15) is 0 Å². The minimum absolute atomic E-state index is 0.293. The molecular weight excluding hydrogens is 364 g/mol. The van der Waals surface area contributed by atoms with Gasteiger partial charge in [0.25, 0.3) is 0 Å². The third kappa shape index (κ3) is 3.83. The van der Waals surface area contributed by atoms with Gasteiger partial charge in [0.05, 0.1) is 17.5 Å². The first-order valence-electron chi connectivity index (χ1n) is 8.08. The van der Waals surface area contributed by atoms with E-state index in [0.717, 1.165) is 5.39 Å². The molecule has 2 aromatic rings. The third-order valence-electron chi connectivity index (χ3n) is 4.33. The van der Waals surface area contributed by atoms with Crippen LogP contribution in [0, 0.1) is 12.8 Å². The molecule has 1 saturated carbocycles. The highest BCUT2D eigenvalue weighted by Crippen LogP contribution is 2.34. The van der Waals surface area contributed by atoms with Gasteiger partial charge in [0, 0.05) is 11.4 Å². The first kappa shape index (κ1) is 18.7. The number of hydrogen-bond donors (Lipinski definition) is 5. The van der Waals surface area contributed by atoms with Crippen molar-refractivity contribution in [2.24, 2.45) is 5.92 Å². The van der Waals surface area contributed by atoms with E-state index in [4.69, 9.17) is 26.2 Å². The van der Waals surface area contributed by atoms with E-state index in [2.05, 4.69) is 10.6 Å². The van der Waals surface area contributed by atoms with Crippen LogP contribution in [0.5, 0.6) is 0 Å². The molecule has 0 saturated heterocycles. The second kappa shape index (κ2) is 7.24. The standard InChI is InChI=1S/C17H19ClN2O6/c1-7-2-8-3-9(4-11(18)14(8)26-7)15(22)19-12-5-10(12)16(23)20-13(6-21)17(24)25/h2-4,10,12-13,15,19,21-22H,5-6H2,1H3,(H,20,23)(H,24,25)/t10-,12-,13-,15?/m0/s1. The van der Waals surface area contributed by atoms with Crippen molar-refractivity contribution in [2.75, 3.05) is 6.61 Å². The zero-order valence-corrected chi connectivity index (χ0v) is 14.7. The summed E-state index contributed by atoms with van der Waals surface area (Å²) in [6, 6.07) is 3.52. The summed E-state index contributed by atoms with van der Waals surface area (Å²) >= 11 is 6.18. The first-order chi connectivity index (χ1) is 12.3. The lowest BCUT2D eigenvalue weighted by Gasteiger charge is -2.15. The van der Waals surface area contributed by atoms with E-state index in [1.54, 1.807) is 19.1 Å². The summed E-state index contributed by atoms with van der Waals surface area (Å²) in [7, 11) is 0. The summed E-state index contributed by atoms with van der Waals surface area (Å²) in [5.41, 5.74) is 1.08. The Morgan fingerprint density at radius 1 is 1.38 bits per heavy atom. The van der Waals surface area contributed by atoms with Crippen LogP contribution in [0.1, 0.15) is 24.0 Å². The molecule has 3 rings (SSSR count). The quantitative estimate of drug-likeness (QED) is 0.450. The SMILES string of the molecule is Cc1cc2cc(C(O)N[C@H]3C[C@@H]3C(=O)N[C@@H](CO)C(=O)O)cc(Cl)c2o1. The Hall–Kier alpha value is -2.13. The van der Waals surface area contributed by atoms with E-state index in [-0.39, 0.29) is 6.04 Å². The Balaban J connectivity index is 1.62. The lowest BCUT2D eigenvalue weighted by Crippen LogP contribution is -2.44. The van der Waals surface area contributed by atoms with Gasteiger partial charge in [-0.25, -0.2) is 4.79 Å². The molecule has 26 heavy (non-hydrogen) atoms. The average molecular weight is 383 g/mol. The minimum atomic E-state index is -1.33. The first-order valence-corrected chi connectivity index (χ1v) is 8.45. The number of hydrogen-bond acceptors (Lipinski definition) is 6. The normalized spacial score (nSPS) is 21.4. The van der Waals surface area contributed by atoms with Crippen molar-refractivity contribution in [3.05, 3.63) is 34.5 Å². The van der Waals surface area contributed by atoms with Crippen molar-refractivity contribution in [1.82, 2.24) is 10.6 Å². The molecule has 1 heterocycles. The maximum atomic E-state index is 12.0. The Morgan fingerprint density at radius 2 is 2.12 bits per heavy atom. The Morgan fingerprint density at radius 3 is 2.77 bits per heavy atom. The number of carbonyl (C=O) groups excluding carboxylic acids is 1. The smallest absolute Gasteiger partial charge is 0.328 e. The van der Waals surface area contributed by atoms with Gasteiger partial charge < -0.3 is 25.1 Å². The van der Waals surface area contributed by atoms with Crippen LogP contribution in [0.3, 0.4) is 0 Å². The average Bonchev–Trinajstić information content (AvgIpc) is 3.23. The molecule has 1 fully saturated rings. The van der Waals surface area contributed by atoms with Crippen LogP contribution in [0.15, 0.2) is 22.6 Å². The third-order valence-corrected chi connectivity index (χ3v) is 4.61. The molecule has 0 bridgehead atoms. The van der Waals surface area contributed by atoms with E-state index in [0.29, 0.717) is 28.4 Å². The molecule has 0 aliphatic heterocycles. The van der Waals surface area contributed by atoms with Crippen LogP contribution in [0.2, 0.25) is 5.02 Å².